The molecule has 1 heterocycles. The van der Waals surface area contributed by atoms with Crippen LogP contribution in [-0.4, -0.2) is 23.7 Å². The zero-order valence-electron chi connectivity index (χ0n) is 13.0. The van der Waals surface area contributed by atoms with E-state index in [2.05, 4.69) is 15.0 Å². The SMILES string of the molecule is O=C(NCc1ccnc(OCC(F)(F)F)c1)c1ccc(C(F)(F)F)cc1. The number of nitrogens with zero attached hydrogens (tertiary/aromatic N) is 1. The summed E-state index contributed by atoms with van der Waals surface area (Å²) in [4.78, 5) is 15.6. The lowest BCUT2D eigenvalue weighted by molar-refractivity contribution is -0.154. The third-order valence-electron chi connectivity index (χ3n) is 3.11. The number of carbonyl (C=O) groups is 1. The van der Waals surface area contributed by atoms with E-state index in [9.17, 15) is 31.1 Å². The molecule has 0 radical (unpaired) electrons. The van der Waals surface area contributed by atoms with Crippen molar-refractivity contribution in [1.29, 1.82) is 0 Å². The molecule has 4 nitrogen and oxygen atoms in total. The molecule has 0 aliphatic heterocycles. The lowest BCUT2D eigenvalue weighted by Gasteiger charge is -2.10. The van der Waals surface area contributed by atoms with Crippen molar-refractivity contribution < 1.29 is 35.9 Å². The second-order valence-electron chi connectivity index (χ2n) is 5.16. The van der Waals surface area contributed by atoms with Gasteiger partial charge in [0.1, 0.15) is 0 Å². The van der Waals surface area contributed by atoms with Crippen LogP contribution in [0, 0.1) is 0 Å². The first-order valence-electron chi connectivity index (χ1n) is 7.14. The fourth-order valence-electron chi connectivity index (χ4n) is 1.89. The fourth-order valence-corrected chi connectivity index (χ4v) is 1.89. The molecule has 0 aliphatic rings. The highest BCUT2D eigenvalue weighted by Crippen LogP contribution is 2.29. The number of rotatable bonds is 5. The van der Waals surface area contributed by atoms with Gasteiger partial charge in [0, 0.05) is 24.4 Å². The number of amides is 1. The Hall–Kier alpha value is -2.78. The van der Waals surface area contributed by atoms with Crippen LogP contribution in [0.25, 0.3) is 0 Å². The summed E-state index contributed by atoms with van der Waals surface area (Å²) >= 11 is 0. The summed E-state index contributed by atoms with van der Waals surface area (Å²) in [5, 5.41) is 2.45. The van der Waals surface area contributed by atoms with Crippen molar-refractivity contribution in [2.24, 2.45) is 0 Å². The molecule has 10 heteroatoms. The van der Waals surface area contributed by atoms with Gasteiger partial charge in [-0.15, -0.1) is 0 Å². The Balaban J connectivity index is 1.95. The highest BCUT2D eigenvalue weighted by Gasteiger charge is 2.30. The lowest BCUT2D eigenvalue weighted by Crippen LogP contribution is -2.23. The van der Waals surface area contributed by atoms with Crippen LogP contribution in [0.3, 0.4) is 0 Å². The number of alkyl halides is 6. The van der Waals surface area contributed by atoms with Crippen molar-refractivity contribution in [3.8, 4) is 5.88 Å². The molecule has 0 atom stereocenters. The van der Waals surface area contributed by atoms with Gasteiger partial charge in [0.2, 0.25) is 5.88 Å². The van der Waals surface area contributed by atoms with Gasteiger partial charge in [-0.3, -0.25) is 4.79 Å². The number of ether oxygens (including phenoxy) is 1. The number of pyridine rings is 1. The van der Waals surface area contributed by atoms with Crippen LogP contribution >= 0.6 is 0 Å². The average molecular weight is 378 g/mol. The number of halogens is 6. The summed E-state index contributed by atoms with van der Waals surface area (Å²) in [5.41, 5.74) is -0.451. The molecule has 2 aromatic rings. The fraction of sp³-hybridized carbons (Fsp3) is 0.250. The molecule has 0 unspecified atom stereocenters. The van der Waals surface area contributed by atoms with E-state index in [0.717, 1.165) is 24.3 Å². The van der Waals surface area contributed by atoms with E-state index >= 15 is 0 Å². The first kappa shape index (κ1) is 19.5. The van der Waals surface area contributed by atoms with Crippen LogP contribution in [-0.2, 0) is 12.7 Å². The van der Waals surface area contributed by atoms with Gasteiger partial charge in [0.05, 0.1) is 5.56 Å². The first-order chi connectivity index (χ1) is 12.0. The third kappa shape index (κ3) is 5.94. The summed E-state index contributed by atoms with van der Waals surface area (Å²) in [6, 6.07) is 6.30. The summed E-state index contributed by atoms with van der Waals surface area (Å²) in [5.74, 6) is -0.892. The van der Waals surface area contributed by atoms with Crippen LogP contribution in [0.1, 0.15) is 21.5 Å². The van der Waals surface area contributed by atoms with Crippen LogP contribution < -0.4 is 10.1 Å². The van der Waals surface area contributed by atoms with Crippen molar-refractivity contribution in [2.45, 2.75) is 18.9 Å². The second kappa shape index (κ2) is 7.63. The van der Waals surface area contributed by atoms with E-state index in [1.165, 1.54) is 18.3 Å². The number of aromatic nitrogens is 1. The molecule has 1 aromatic heterocycles. The molecule has 26 heavy (non-hydrogen) atoms. The molecule has 0 saturated heterocycles. The molecule has 140 valence electrons. The number of hydrogen-bond acceptors (Lipinski definition) is 3. The second-order valence-corrected chi connectivity index (χ2v) is 5.16. The van der Waals surface area contributed by atoms with Crippen molar-refractivity contribution >= 4 is 5.91 Å². The molecule has 1 amide bonds. The van der Waals surface area contributed by atoms with Crippen molar-refractivity contribution in [3.63, 3.8) is 0 Å². The van der Waals surface area contributed by atoms with Crippen LogP contribution in [0.15, 0.2) is 42.6 Å². The average Bonchev–Trinajstić information content (AvgIpc) is 2.57. The molecule has 0 fully saturated rings. The van der Waals surface area contributed by atoms with Gasteiger partial charge < -0.3 is 10.1 Å². The summed E-state index contributed by atoms with van der Waals surface area (Å²) in [6.45, 7) is -1.56. The van der Waals surface area contributed by atoms with Gasteiger partial charge in [-0.1, -0.05) is 0 Å². The number of nitrogens with one attached hydrogen (secondary N) is 1. The minimum atomic E-state index is -4.51. The normalized spacial score (nSPS) is 11.9. The van der Waals surface area contributed by atoms with E-state index in [4.69, 9.17) is 0 Å². The molecule has 0 aliphatic carbocycles. The van der Waals surface area contributed by atoms with E-state index in [0.29, 0.717) is 5.56 Å². The van der Waals surface area contributed by atoms with Crippen molar-refractivity contribution in [3.05, 3.63) is 59.3 Å². The quantitative estimate of drug-likeness (QED) is 0.801. The van der Waals surface area contributed by atoms with Crippen molar-refractivity contribution in [1.82, 2.24) is 10.3 Å². The van der Waals surface area contributed by atoms with Gasteiger partial charge >= 0.3 is 12.4 Å². The van der Waals surface area contributed by atoms with Gasteiger partial charge in [-0.2, -0.15) is 26.3 Å². The number of hydrogen-bond donors (Lipinski definition) is 1. The van der Waals surface area contributed by atoms with Gasteiger partial charge in [0.25, 0.3) is 5.91 Å². The molecular weight excluding hydrogens is 366 g/mol. The number of benzene rings is 1. The zero-order chi connectivity index (χ0) is 19.4. The van der Waals surface area contributed by atoms with E-state index in [1.807, 2.05) is 0 Å². The van der Waals surface area contributed by atoms with Gasteiger partial charge in [-0.25, -0.2) is 4.98 Å². The van der Waals surface area contributed by atoms with E-state index in [1.54, 1.807) is 0 Å². The first-order valence-corrected chi connectivity index (χ1v) is 7.14. The topological polar surface area (TPSA) is 51.2 Å². The monoisotopic (exact) mass is 378 g/mol. The van der Waals surface area contributed by atoms with E-state index in [-0.39, 0.29) is 18.0 Å². The molecule has 1 N–H and O–H groups in total. The Bertz CT molecular complexity index is 757. The Morgan fingerprint density at radius 3 is 2.27 bits per heavy atom. The van der Waals surface area contributed by atoms with Crippen LogP contribution in [0.5, 0.6) is 5.88 Å². The van der Waals surface area contributed by atoms with Crippen LogP contribution in [0.2, 0.25) is 0 Å². The largest absolute Gasteiger partial charge is 0.468 e. The standard InChI is InChI=1S/C16H12F6N2O2/c17-15(18,19)9-26-13-7-10(5-6-23-13)8-24-14(25)11-1-3-12(4-2-11)16(20,21)22/h1-7H,8-9H2,(H,24,25). The Labute approximate surface area is 143 Å². The van der Waals surface area contributed by atoms with Crippen molar-refractivity contribution in [2.75, 3.05) is 6.61 Å². The maximum absolute atomic E-state index is 12.5. The highest BCUT2D eigenvalue weighted by molar-refractivity contribution is 5.94. The Morgan fingerprint density at radius 1 is 1.04 bits per heavy atom. The zero-order valence-corrected chi connectivity index (χ0v) is 13.0. The summed E-state index contributed by atoms with van der Waals surface area (Å²) in [7, 11) is 0. The minimum absolute atomic E-state index is 0.0144. The minimum Gasteiger partial charge on any atom is -0.468 e. The van der Waals surface area contributed by atoms with Crippen LogP contribution in [0.4, 0.5) is 26.3 Å². The van der Waals surface area contributed by atoms with E-state index < -0.39 is 30.4 Å². The molecule has 2 rings (SSSR count). The Morgan fingerprint density at radius 2 is 1.69 bits per heavy atom. The molecule has 0 bridgehead atoms. The molecule has 1 aromatic carbocycles. The Kier molecular flexibility index (Phi) is 5.73. The van der Waals surface area contributed by atoms with Gasteiger partial charge in [0.15, 0.2) is 6.61 Å². The van der Waals surface area contributed by atoms with Gasteiger partial charge in [-0.05, 0) is 35.9 Å². The third-order valence-corrected chi connectivity index (χ3v) is 3.11. The molecular formula is C16H12F6N2O2. The smallest absolute Gasteiger partial charge is 0.422 e. The predicted octanol–water partition coefficient (Wildman–Crippen LogP) is 3.97. The maximum atomic E-state index is 12.5. The molecule has 0 saturated carbocycles. The highest BCUT2D eigenvalue weighted by atomic mass is 19.4. The predicted molar refractivity (Wildman–Crippen MR) is 78.4 cm³/mol. The maximum Gasteiger partial charge on any atom is 0.422 e. The number of carbonyl (C=O) groups excluding carboxylic acids is 1. The molecule has 0 spiro atoms. The summed E-state index contributed by atoms with van der Waals surface area (Å²) < 4.78 is 78.2. The lowest BCUT2D eigenvalue weighted by atomic mass is 10.1. The summed E-state index contributed by atoms with van der Waals surface area (Å²) in [6.07, 6.45) is -7.79.